The number of hydrogen-bond donors (Lipinski definition) is 5. The van der Waals surface area contributed by atoms with E-state index in [1.165, 1.54) is 11.3 Å². The first kappa shape index (κ1) is 26.0. The van der Waals surface area contributed by atoms with Crippen LogP contribution in [0.25, 0.3) is 0 Å². The molecule has 1 aromatic carbocycles. The van der Waals surface area contributed by atoms with Crippen LogP contribution in [0, 0.1) is 11.3 Å². The summed E-state index contributed by atoms with van der Waals surface area (Å²) in [5.41, 5.74) is 6.29. The average Bonchev–Trinajstić information content (AvgIpc) is 3.20. The Bertz CT molecular complexity index is 965. The van der Waals surface area contributed by atoms with Gasteiger partial charge in [-0.1, -0.05) is 49.6 Å². The molecule has 1 saturated heterocycles. The Morgan fingerprint density at radius 2 is 1.85 bits per heavy atom. The van der Waals surface area contributed by atoms with Crippen LogP contribution in [0.1, 0.15) is 44.1 Å². The van der Waals surface area contributed by atoms with Gasteiger partial charge in [-0.05, 0) is 37.2 Å². The van der Waals surface area contributed by atoms with E-state index in [0.717, 1.165) is 37.5 Å². The van der Waals surface area contributed by atoms with Crippen molar-refractivity contribution in [2.24, 2.45) is 11.7 Å². The maximum atomic E-state index is 13.6. The second kappa shape index (κ2) is 11.7. The van der Waals surface area contributed by atoms with E-state index in [-0.39, 0.29) is 30.9 Å². The molecule has 3 atom stereocenters. The first-order valence-corrected chi connectivity index (χ1v) is 13.7. The molecule has 1 saturated carbocycles. The van der Waals surface area contributed by atoms with Gasteiger partial charge < -0.3 is 21.3 Å². The van der Waals surface area contributed by atoms with Gasteiger partial charge in [0.2, 0.25) is 21.8 Å². The molecule has 6 N–H and O–H groups in total. The zero-order chi connectivity index (χ0) is 24.7. The van der Waals surface area contributed by atoms with E-state index in [4.69, 9.17) is 11.1 Å². The lowest BCUT2D eigenvalue weighted by molar-refractivity contribution is -0.139. The normalized spacial score (nSPS) is 22.2. The molecular weight excluding hydrogens is 456 g/mol. The molecule has 0 aromatic heterocycles. The van der Waals surface area contributed by atoms with Crippen molar-refractivity contribution in [2.75, 3.05) is 19.3 Å². The summed E-state index contributed by atoms with van der Waals surface area (Å²) in [5.74, 6) is -0.535. The molecule has 2 aliphatic rings. The van der Waals surface area contributed by atoms with Crippen LogP contribution in [0.2, 0.25) is 0 Å². The predicted molar refractivity (Wildman–Crippen MR) is 130 cm³/mol. The van der Waals surface area contributed by atoms with Gasteiger partial charge in [0, 0.05) is 19.1 Å². The molecule has 3 rings (SSSR count). The molecule has 0 radical (unpaired) electrons. The minimum Gasteiger partial charge on any atom is -0.370 e. The maximum Gasteiger partial charge on any atom is 0.242 e. The van der Waals surface area contributed by atoms with Crippen LogP contribution in [0.3, 0.4) is 0 Å². The molecule has 2 fully saturated rings. The van der Waals surface area contributed by atoms with Gasteiger partial charge in [-0.25, -0.2) is 13.1 Å². The summed E-state index contributed by atoms with van der Waals surface area (Å²) in [6.07, 6.45) is 7.18. The zero-order valence-electron chi connectivity index (χ0n) is 19.6. The molecule has 0 bridgehead atoms. The summed E-state index contributed by atoms with van der Waals surface area (Å²) in [6, 6.07) is 6.93. The van der Waals surface area contributed by atoms with Gasteiger partial charge in [0.1, 0.15) is 12.1 Å². The highest BCUT2D eigenvalue weighted by Gasteiger charge is 2.42. The monoisotopic (exact) mass is 492 g/mol. The number of nitrogens with two attached hydrogens (primary N) is 1. The number of amides is 2. The fraction of sp³-hybridized carbons (Fsp3) is 0.609. The molecule has 2 amide bonds. The Labute approximate surface area is 201 Å². The number of guanidine groups is 1. The number of carbonyl (C=O) groups excluding carboxylic acids is 2. The van der Waals surface area contributed by atoms with Crippen LogP contribution < -0.4 is 21.1 Å². The van der Waals surface area contributed by atoms with E-state index in [1.807, 2.05) is 30.3 Å². The minimum atomic E-state index is -3.68. The summed E-state index contributed by atoms with van der Waals surface area (Å²) in [4.78, 5) is 28.1. The molecule has 1 aliphatic carbocycles. The second-order valence-electron chi connectivity index (χ2n) is 9.38. The number of likely N-dealkylation sites (tertiary alicyclic amines) is 1. The van der Waals surface area contributed by atoms with E-state index >= 15 is 0 Å². The predicted octanol–water partition coefficient (Wildman–Crippen LogP) is 0.296. The van der Waals surface area contributed by atoms with Crippen LogP contribution in [-0.4, -0.2) is 68.6 Å². The summed E-state index contributed by atoms with van der Waals surface area (Å²) < 4.78 is 26.5. The number of sulfonamides is 1. The quantitative estimate of drug-likeness (QED) is 0.246. The number of nitrogens with one attached hydrogen (secondary N) is 4. The SMILES string of the molecule is CS(=O)(=O)N[C@H](Cc1ccccc1)C(=O)N1C[C@H](NC(=N)N)C[C@H]1C(=O)NCC1CCCCC1. The molecule has 1 aliphatic heterocycles. The van der Waals surface area contributed by atoms with Crippen molar-refractivity contribution in [1.29, 1.82) is 5.41 Å². The van der Waals surface area contributed by atoms with Gasteiger partial charge in [-0.2, -0.15) is 0 Å². The van der Waals surface area contributed by atoms with E-state index in [9.17, 15) is 18.0 Å². The highest BCUT2D eigenvalue weighted by molar-refractivity contribution is 7.88. The lowest BCUT2D eigenvalue weighted by Gasteiger charge is -2.29. The minimum absolute atomic E-state index is 0.149. The molecule has 0 spiro atoms. The van der Waals surface area contributed by atoms with Gasteiger partial charge in [0.05, 0.1) is 6.26 Å². The van der Waals surface area contributed by atoms with Gasteiger partial charge in [0.15, 0.2) is 5.96 Å². The number of hydrogen-bond acceptors (Lipinski definition) is 5. The Hall–Kier alpha value is -2.66. The Morgan fingerprint density at radius 1 is 1.18 bits per heavy atom. The van der Waals surface area contributed by atoms with Crippen molar-refractivity contribution in [3.8, 4) is 0 Å². The highest BCUT2D eigenvalue weighted by atomic mass is 32.2. The third kappa shape index (κ3) is 7.69. The van der Waals surface area contributed by atoms with Crippen LogP contribution in [0.5, 0.6) is 0 Å². The van der Waals surface area contributed by atoms with Crippen molar-refractivity contribution in [3.63, 3.8) is 0 Å². The number of nitrogens with zero attached hydrogens (tertiary/aromatic N) is 1. The second-order valence-corrected chi connectivity index (χ2v) is 11.2. The fourth-order valence-corrected chi connectivity index (χ4v) is 5.60. The Kier molecular flexibility index (Phi) is 8.90. The molecular formula is C23H36N6O4S. The van der Waals surface area contributed by atoms with E-state index in [1.54, 1.807) is 0 Å². The van der Waals surface area contributed by atoms with Gasteiger partial charge in [0.25, 0.3) is 0 Å². The van der Waals surface area contributed by atoms with Crippen molar-refractivity contribution in [3.05, 3.63) is 35.9 Å². The van der Waals surface area contributed by atoms with Crippen LogP contribution in [0.15, 0.2) is 30.3 Å². The topological polar surface area (TPSA) is 157 Å². The van der Waals surface area contributed by atoms with Gasteiger partial charge in [-0.3, -0.25) is 15.0 Å². The standard InChI is InChI=1S/C23H36N6O4S/c1-34(32,33)28-19(12-16-8-4-2-5-9-16)22(31)29-15-18(27-23(24)25)13-20(29)21(30)26-14-17-10-6-3-7-11-17/h2,4-5,8-9,17-20,28H,3,6-7,10-15H2,1H3,(H,26,30)(H4,24,25,27)/t18-,19-,20+/m1/s1. The van der Waals surface area contributed by atoms with Crippen LogP contribution in [0.4, 0.5) is 0 Å². The van der Waals surface area contributed by atoms with Crippen LogP contribution in [-0.2, 0) is 26.0 Å². The average molecular weight is 493 g/mol. The van der Waals surface area contributed by atoms with Gasteiger partial charge >= 0.3 is 0 Å². The molecule has 11 heteroatoms. The lowest BCUT2D eigenvalue weighted by atomic mass is 9.89. The molecule has 1 heterocycles. The first-order chi connectivity index (χ1) is 16.1. The zero-order valence-corrected chi connectivity index (χ0v) is 20.4. The lowest BCUT2D eigenvalue weighted by Crippen LogP contribution is -2.54. The molecule has 10 nitrogen and oxygen atoms in total. The third-order valence-electron chi connectivity index (χ3n) is 6.47. The number of rotatable bonds is 9. The summed E-state index contributed by atoms with van der Waals surface area (Å²) in [6.45, 7) is 0.716. The smallest absolute Gasteiger partial charge is 0.242 e. The Morgan fingerprint density at radius 3 is 2.47 bits per heavy atom. The number of benzene rings is 1. The summed E-state index contributed by atoms with van der Waals surface area (Å²) >= 11 is 0. The fourth-order valence-electron chi connectivity index (χ4n) is 4.89. The third-order valence-corrected chi connectivity index (χ3v) is 7.19. The van der Waals surface area contributed by atoms with Crippen molar-refractivity contribution < 1.29 is 18.0 Å². The van der Waals surface area contributed by atoms with Crippen molar-refractivity contribution in [2.45, 2.75) is 63.1 Å². The molecule has 1 aromatic rings. The largest absolute Gasteiger partial charge is 0.370 e. The first-order valence-electron chi connectivity index (χ1n) is 11.8. The van der Waals surface area contributed by atoms with Crippen molar-refractivity contribution >= 4 is 27.8 Å². The molecule has 188 valence electrons. The molecule has 0 unspecified atom stereocenters. The Balaban J connectivity index is 1.77. The molecule has 34 heavy (non-hydrogen) atoms. The van der Waals surface area contributed by atoms with E-state index < -0.39 is 28.0 Å². The maximum absolute atomic E-state index is 13.6. The van der Waals surface area contributed by atoms with E-state index in [2.05, 4.69) is 15.4 Å². The summed E-state index contributed by atoms with van der Waals surface area (Å²) in [7, 11) is -3.68. The highest BCUT2D eigenvalue weighted by Crippen LogP contribution is 2.24. The van der Waals surface area contributed by atoms with E-state index in [0.29, 0.717) is 18.9 Å². The summed E-state index contributed by atoms with van der Waals surface area (Å²) in [5, 5.41) is 13.4. The number of carbonyl (C=O) groups is 2. The van der Waals surface area contributed by atoms with Crippen LogP contribution >= 0.6 is 0 Å². The van der Waals surface area contributed by atoms with Gasteiger partial charge in [-0.15, -0.1) is 0 Å². The van der Waals surface area contributed by atoms with Crippen molar-refractivity contribution in [1.82, 2.24) is 20.3 Å².